The van der Waals surface area contributed by atoms with E-state index in [1.54, 1.807) is 0 Å². The van der Waals surface area contributed by atoms with Crippen LogP contribution in [0.25, 0.3) is 0 Å². The number of rotatable bonds is 6. The number of hydrogen-bond acceptors (Lipinski definition) is 4. The minimum atomic E-state index is -1.02. The maximum Gasteiger partial charge on any atom is 0.303 e. The molecule has 7 heteroatoms. The van der Waals surface area contributed by atoms with Crippen LogP contribution in [-0.4, -0.2) is 47.4 Å². The molecular formula is C8H15N3O4. The second-order valence-corrected chi connectivity index (χ2v) is 3.20. The van der Waals surface area contributed by atoms with Gasteiger partial charge in [0, 0.05) is 13.5 Å². The largest absolute Gasteiger partial charge is 0.481 e. The van der Waals surface area contributed by atoms with E-state index in [1.807, 2.05) is 0 Å². The number of likely N-dealkylation sites (N-methyl/N-ethyl adjacent to an activating group) is 1. The highest BCUT2D eigenvalue weighted by Crippen LogP contribution is 1.98. The minimum absolute atomic E-state index is 0.0390. The topological polar surface area (TPSA) is 127 Å². The molecule has 0 spiro atoms. The van der Waals surface area contributed by atoms with Crippen LogP contribution in [-0.2, 0) is 14.4 Å². The maximum absolute atomic E-state index is 11.4. The normalized spacial score (nSPS) is 11.9. The molecule has 0 fully saturated rings. The zero-order chi connectivity index (χ0) is 12.0. The lowest BCUT2D eigenvalue weighted by Crippen LogP contribution is -2.45. The van der Waals surface area contributed by atoms with Crippen LogP contribution in [0.5, 0.6) is 0 Å². The van der Waals surface area contributed by atoms with Gasteiger partial charge in [0.15, 0.2) is 0 Å². The monoisotopic (exact) mass is 217 g/mol. The van der Waals surface area contributed by atoms with E-state index in [2.05, 4.69) is 0 Å². The lowest BCUT2D eigenvalue weighted by molar-refractivity contribution is -0.138. The van der Waals surface area contributed by atoms with Gasteiger partial charge in [-0.2, -0.15) is 0 Å². The van der Waals surface area contributed by atoms with Crippen molar-refractivity contribution in [1.82, 2.24) is 4.90 Å². The van der Waals surface area contributed by atoms with E-state index in [4.69, 9.17) is 16.6 Å². The van der Waals surface area contributed by atoms with E-state index in [0.29, 0.717) is 0 Å². The van der Waals surface area contributed by atoms with E-state index in [-0.39, 0.29) is 19.4 Å². The Balaban J connectivity index is 4.07. The molecule has 15 heavy (non-hydrogen) atoms. The summed E-state index contributed by atoms with van der Waals surface area (Å²) >= 11 is 0. The molecule has 0 aliphatic carbocycles. The van der Waals surface area contributed by atoms with E-state index in [1.165, 1.54) is 7.05 Å². The first-order valence-corrected chi connectivity index (χ1v) is 4.35. The van der Waals surface area contributed by atoms with Crippen LogP contribution in [0.3, 0.4) is 0 Å². The Morgan fingerprint density at radius 2 is 1.93 bits per heavy atom. The van der Waals surface area contributed by atoms with Gasteiger partial charge in [0.2, 0.25) is 11.8 Å². The third kappa shape index (κ3) is 5.63. The molecular weight excluding hydrogens is 202 g/mol. The van der Waals surface area contributed by atoms with Gasteiger partial charge >= 0.3 is 5.97 Å². The lowest BCUT2D eigenvalue weighted by atomic mass is 10.1. The molecule has 1 unspecified atom stereocenters. The summed E-state index contributed by atoms with van der Waals surface area (Å²) < 4.78 is 0. The Bertz CT molecular complexity index is 267. The predicted molar refractivity (Wildman–Crippen MR) is 51.7 cm³/mol. The summed E-state index contributed by atoms with van der Waals surface area (Å²) in [4.78, 5) is 33.2. The molecule has 0 aromatic carbocycles. The molecule has 2 amide bonds. The zero-order valence-electron chi connectivity index (χ0n) is 8.47. The Morgan fingerprint density at radius 3 is 2.33 bits per heavy atom. The van der Waals surface area contributed by atoms with Gasteiger partial charge in [0.1, 0.15) is 0 Å². The average molecular weight is 217 g/mol. The molecule has 1 atom stereocenters. The number of primary amides is 1. The van der Waals surface area contributed by atoms with E-state index in [0.717, 1.165) is 4.90 Å². The van der Waals surface area contributed by atoms with Gasteiger partial charge in [-0.15, -0.1) is 0 Å². The smallest absolute Gasteiger partial charge is 0.303 e. The number of nitrogens with zero attached hydrogens (tertiary/aromatic N) is 1. The third-order valence-electron chi connectivity index (χ3n) is 1.76. The molecule has 0 radical (unpaired) electrons. The second-order valence-electron chi connectivity index (χ2n) is 3.20. The molecule has 0 aromatic heterocycles. The molecule has 5 N–H and O–H groups in total. The van der Waals surface area contributed by atoms with Crippen LogP contribution in [0.1, 0.15) is 12.8 Å². The van der Waals surface area contributed by atoms with Crippen LogP contribution < -0.4 is 11.5 Å². The van der Waals surface area contributed by atoms with E-state index < -0.39 is 23.8 Å². The molecule has 0 heterocycles. The van der Waals surface area contributed by atoms with Gasteiger partial charge in [-0.1, -0.05) is 0 Å². The number of aliphatic carboxylic acids is 1. The number of hydrogen-bond donors (Lipinski definition) is 3. The first kappa shape index (κ1) is 13.4. The van der Waals surface area contributed by atoms with Crippen molar-refractivity contribution in [1.29, 1.82) is 0 Å². The number of amides is 2. The summed E-state index contributed by atoms with van der Waals surface area (Å²) in [5.41, 5.74) is 10.3. The first-order chi connectivity index (χ1) is 6.84. The van der Waals surface area contributed by atoms with Crippen LogP contribution in [0, 0.1) is 0 Å². The molecule has 0 aliphatic rings. The number of carbonyl (C=O) groups excluding carboxylic acids is 2. The second kappa shape index (κ2) is 5.97. The lowest BCUT2D eigenvalue weighted by Gasteiger charge is -2.19. The standard InChI is InChI=1S/C8H15N3O4/c1-11(4-6(10)12)8(15)5(9)2-3-7(13)14/h5H,2-4,9H2,1H3,(H2,10,12)(H,13,14). The molecule has 0 bridgehead atoms. The van der Waals surface area contributed by atoms with E-state index in [9.17, 15) is 14.4 Å². The predicted octanol–water partition coefficient (Wildman–Crippen LogP) is -1.88. The van der Waals surface area contributed by atoms with Gasteiger partial charge in [0.05, 0.1) is 12.6 Å². The summed E-state index contributed by atoms with van der Waals surface area (Å²) in [7, 11) is 1.38. The summed E-state index contributed by atoms with van der Waals surface area (Å²) in [6.45, 7) is -0.223. The highest BCUT2D eigenvalue weighted by molar-refractivity contribution is 5.86. The first-order valence-electron chi connectivity index (χ1n) is 4.35. The van der Waals surface area contributed by atoms with Crippen molar-refractivity contribution in [2.24, 2.45) is 11.5 Å². The Kier molecular flexibility index (Phi) is 5.32. The van der Waals surface area contributed by atoms with Crippen LogP contribution in [0.4, 0.5) is 0 Å². The Hall–Kier alpha value is -1.63. The molecule has 0 saturated heterocycles. The fourth-order valence-electron chi connectivity index (χ4n) is 0.997. The molecule has 7 nitrogen and oxygen atoms in total. The van der Waals surface area contributed by atoms with Gasteiger partial charge in [-0.3, -0.25) is 14.4 Å². The minimum Gasteiger partial charge on any atom is -0.481 e. The molecule has 0 saturated carbocycles. The molecule has 0 aliphatic heterocycles. The third-order valence-corrected chi connectivity index (χ3v) is 1.76. The number of carbonyl (C=O) groups is 3. The molecule has 0 aromatic rings. The summed E-state index contributed by atoms with van der Waals surface area (Å²) in [6, 6.07) is -0.912. The van der Waals surface area contributed by atoms with Crippen molar-refractivity contribution < 1.29 is 19.5 Å². The van der Waals surface area contributed by atoms with Crippen molar-refractivity contribution in [3.63, 3.8) is 0 Å². The highest BCUT2D eigenvalue weighted by atomic mass is 16.4. The van der Waals surface area contributed by atoms with E-state index >= 15 is 0 Å². The number of nitrogens with two attached hydrogens (primary N) is 2. The van der Waals surface area contributed by atoms with Crippen LogP contribution >= 0.6 is 0 Å². The Morgan fingerprint density at radius 1 is 1.40 bits per heavy atom. The highest BCUT2D eigenvalue weighted by Gasteiger charge is 2.19. The summed E-state index contributed by atoms with van der Waals surface area (Å²) in [5, 5.41) is 8.37. The van der Waals surface area contributed by atoms with Gasteiger partial charge in [-0.05, 0) is 6.42 Å². The zero-order valence-corrected chi connectivity index (χ0v) is 8.47. The number of carboxylic acids is 1. The molecule has 86 valence electrons. The average Bonchev–Trinajstić information content (AvgIpc) is 2.11. The van der Waals surface area contributed by atoms with Gasteiger partial charge < -0.3 is 21.5 Å². The van der Waals surface area contributed by atoms with Crippen LogP contribution in [0.2, 0.25) is 0 Å². The fourth-order valence-corrected chi connectivity index (χ4v) is 0.997. The number of carboxylic acid groups (broad SMARTS) is 1. The Labute approximate surface area is 87.0 Å². The summed E-state index contributed by atoms with van der Waals surface area (Å²) in [5.74, 6) is -2.15. The van der Waals surface area contributed by atoms with Gasteiger partial charge in [0.25, 0.3) is 0 Å². The van der Waals surface area contributed by atoms with Gasteiger partial charge in [-0.25, -0.2) is 0 Å². The van der Waals surface area contributed by atoms with Crippen molar-refractivity contribution in [3.05, 3.63) is 0 Å². The maximum atomic E-state index is 11.4. The summed E-state index contributed by atoms with van der Waals surface area (Å²) in [6.07, 6.45) is -0.144. The van der Waals surface area contributed by atoms with Crippen molar-refractivity contribution >= 4 is 17.8 Å². The van der Waals surface area contributed by atoms with Crippen molar-refractivity contribution in [3.8, 4) is 0 Å². The quantitative estimate of drug-likeness (QED) is 0.480. The fraction of sp³-hybridized carbons (Fsp3) is 0.625. The van der Waals surface area contributed by atoms with Crippen LogP contribution in [0.15, 0.2) is 0 Å². The van der Waals surface area contributed by atoms with Crippen molar-refractivity contribution in [2.75, 3.05) is 13.6 Å². The SMILES string of the molecule is CN(CC(N)=O)C(=O)C(N)CCC(=O)O. The molecule has 0 rings (SSSR count). The van der Waals surface area contributed by atoms with Crippen molar-refractivity contribution in [2.45, 2.75) is 18.9 Å².